The number of piperazine rings is 1. The number of hydrogen-bond acceptors (Lipinski definition) is 4. The van der Waals surface area contributed by atoms with Gasteiger partial charge in [-0.2, -0.15) is 0 Å². The molecule has 2 aliphatic heterocycles. The van der Waals surface area contributed by atoms with Gasteiger partial charge in [0.1, 0.15) is 17.8 Å². The van der Waals surface area contributed by atoms with Gasteiger partial charge in [-0.15, -0.1) is 0 Å². The van der Waals surface area contributed by atoms with Crippen molar-refractivity contribution in [3.63, 3.8) is 0 Å². The average molecular weight is 522 g/mol. The summed E-state index contributed by atoms with van der Waals surface area (Å²) in [7, 11) is 6.57. The van der Waals surface area contributed by atoms with E-state index in [2.05, 4.69) is 31.8 Å². The second kappa shape index (κ2) is 12.0. The third kappa shape index (κ3) is 6.72. The number of phenols is 1. The second-order valence-corrected chi connectivity index (χ2v) is 11.6. The molecule has 8 nitrogen and oxygen atoms in total. The zero-order valence-electron chi connectivity index (χ0n) is 22.7. The van der Waals surface area contributed by atoms with Crippen LogP contribution in [-0.2, 0) is 20.8 Å². The number of aromatic hydroxyl groups is 1. The van der Waals surface area contributed by atoms with Gasteiger partial charge in [0, 0.05) is 13.0 Å². The van der Waals surface area contributed by atoms with E-state index in [0.717, 1.165) is 47.8 Å². The number of nitrogens with zero attached hydrogens (tertiary/aromatic N) is 2. The van der Waals surface area contributed by atoms with Crippen LogP contribution in [0.15, 0.2) is 54.6 Å². The average Bonchev–Trinajstić information content (AvgIpc) is 3.28. The molecule has 2 aromatic carbocycles. The molecule has 8 heteroatoms. The van der Waals surface area contributed by atoms with E-state index in [4.69, 9.17) is 0 Å². The summed E-state index contributed by atoms with van der Waals surface area (Å²) in [6.45, 7) is 1.70. The molecule has 0 spiro atoms. The minimum Gasteiger partial charge on any atom is -0.508 e. The summed E-state index contributed by atoms with van der Waals surface area (Å²) in [5, 5.41) is 15.8. The van der Waals surface area contributed by atoms with Gasteiger partial charge in [-0.3, -0.25) is 14.4 Å². The van der Waals surface area contributed by atoms with Crippen LogP contribution in [-0.4, -0.2) is 78.5 Å². The fraction of sp³-hybridized carbons (Fsp3) is 0.500. The van der Waals surface area contributed by atoms with Crippen molar-refractivity contribution < 1.29 is 24.0 Å². The highest BCUT2D eigenvalue weighted by molar-refractivity contribution is 5.99. The standard InChI is InChI=1S/C30H40N4O4/c1-34(2,3)18-10-5-4-9-17-31-28(36)24-20-26-29(37)32-25(19-21-11-7-6-8-12-21)30(38)33(26)27(24)22-13-15-23(35)16-14-22/h6-8,11-16,24-27H,4-5,9-10,17-20H2,1-3H3,(H2-,31,32,35,36,37)/p+1/t24-,25+,26-,27-/m1/s1. The summed E-state index contributed by atoms with van der Waals surface area (Å²) in [5.74, 6) is -0.970. The van der Waals surface area contributed by atoms with E-state index in [9.17, 15) is 19.5 Å². The molecular formula is C30H41N4O4+. The van der Waals surface area contributed by atoms with Crippen molar-refractivity contribution in [3.8, 4) is 5.75 Å². The zero-order chi connectivity index (χ0) is 27.3. The normalized spacial score (nSPS) is 23.2. The summed E-state index contributed by atoms with van der Waals surface area (Å²) >= 11 is 0. The highest BCUT2D eigenvalue weighted by Gasteiger charge is 2.54. The Hall–Kier alpha value is -3.39. The number of quaternary nitrogens is 1. The SMILES string of the molecule is C[N+](C)(C)CCCCCCNC(=O)[C@@H]1C[C@@H]2C(=O)N[C@@H](Cc3ccccc3)C(=O)N2[C@@H]1c1ccc(O)cc1. The molecular weight excluding hydrogens is 480 g/mol. The van der Waals surface area contributed by atoms with Gasteiger partial charge in [0.2, 0.25) is 17.7 Å². The molecule has 2 fully saturated rings. The number of benzene rings is 2. The van der Waals surface area contributed by atoms with E-state index < -0.39 is 24.0 Å². The Morgan fingerprint density at radius 2 is 1.68 bits per heavy atom. The number of phenolic OH excluding ortho intramolecular Hbond substituents is 1. The van der Waals surface area contributed by atoms with Gasteiger partial charge in [0.25, 0.3) is 0 Å². The number of unbranched alkanes of at least 4 members (excludes halogenated alkanes) is 3. The molecule has 38 heavy (non-hydrogen) atoms. The van der Waals surface area contributed by atoms with Crippen molar-refractivity contribution >= 4 is 17.7 Å². The van der Waals surface area contributed by atoms with Crippen LogP contribution in [0.2, 0.25) is 0 Å². The topological polar surface area (TPSA) is 98.7 Å². The molecule has 4 rings (SSSR count). The Balaban J connectivity index is 1.46. The predicted octanol–water partition coefficient (Wildman–Crippen LogP) is 2.77. The van der Waals surface area contributed by atoms with Crippen LogP contribution in [0.4, 0.5) is 0 Å². The molecule has 2 heterocycles. The molecule has 0 aromatic heterocycles. The van der Waals surface area contributed by atoms with Crippen LogP contribution in [0, 0.1) is 5.92 Å². The van der Waals surface area contributed by atoms with E-state index in [1.807, 2.05) is 30.3 Å². The number of carbonyl (C=O) groups excluding carboxylic acids is 3. The molecule has 0 unspecified atom stereocenters. The van der Waals surface area contributed by atoms with Crippen LogP contribution in [0.5, 0.6) is 5.75 Å². The van der Waals surface area contributed by atoms with Crippen molar-refractivity contribution in [2.75, 3.05) is 34.2 Å². The maximum absolute atomic E-state index is 13.7. The number of fused-ring (bicyclic) bond motifs is 1. The highest BCUT2D eigenvalue weighted by Crippen LogP contribution is 2.43. The summed E-state index contributed by atoms with van der Waals surface area (Å²) in [5.41, 5.74) is 1.70. The highest BCUT2D eigenvalue weighted by atomic mass is 16.3. The van der Waals surface area contributed by atoms with E-state index in [-0.39, 0.29) is 29.9 Å². The lowest BCUT2D eigenvalue weighted by atomic mass is 9.92. The molecule has 3 N–H and O–H groups in total. The number of rotatable bonds is 11. The van der Waals surface area contributed by atoms with E-state index in [1.54, 1.807) is 29.2 Å². The molecule has 3 amide bonds. The van der Waals surface area contributed by atoms with Crippen molar-refractivity contribution in [2.45, 2.75) is 56.7 Å². The van der Waals surface area contributed by atoms with Gasteiger partial charge in [0.15, 0.2) is 0 Å². The molecule has 0 radical (unpaired) electrons. The summed E-state index contributed by atoms with van der Waals surface area (Å²) in [6, 6.07) is 14.3. The van der Waals surface area contributed by atoms with Gasteiger partial charge in [0.05, 0.1) is 39.6 Å². The lowest BCUT2D eigenvalue weighted by molar-refractivity contribution is -0.870. The first-order valence-corrected chi connectivity index (χ1v) is 13.7. The maximum atomic E-state index is 13.7. The van der Waals surface area contributed by atoms with Crippen molar-refractivity contribution in [1.29, 1.82) is 0 Å². The largest absolute Gasteiger partial charge is 0.508 e. The molecule has 0 bridgehead atoms. The third-order valence-electron chi connectivity index (χ3n) is 7.57. The minimum atomic E-state index is -0.695. The van der Waals surface area contributed by atoms with Crippen LogP contribution >= 0.6 is 0 Å². The summed E-state index contributed by atoms with van der Waals surface area (Å²) < 4.78 is 0.952. The third-order valence-corrected chi connectivity index (χ3v) is 7.57. The van der Waals surface area contributed by atoms with Crippen LogP contribution in [0.1, 0.15) is 49.3 Å². The summed E-state index contributed by atoms with van der Waals surface area (Å²) in [6.07, 6.45) is 4.88. The number of nitrogens with one attached hydrogen (secondary N) is 2. The van der Waals surface area contributed by atoms with Gasteiger partial charge in [-0.1, -0.05) is 48.9 Å². The number of carbonyl (C=O) groups is 3. The molecule has 2 saturated heterocycles. The predicted molar refractivity (Wildman–Crippen MR) is 146 cm³/mol. The van der Waals surface area contributed by atoms with E-state index >= 15 is 0 Å². The van der Waals surface area contributed by atoms with Crippen LogP contribution in [0.25, 0.3) is 0 Å². The first-order valence-electron chi connectivity index (χ1n) is 13.7. The molecule has 0 saturated carbocycles. The Morgan fingerprint density at radius 3 is 2.37 bits per heavy atom. The Bertz CT molecular complexity index is 1110. The molecule has 204 valence electrons. The maximum Gasteiger partial charge on any atom is 0.246 e. The first-order chi connectivity index (χ1) is 18.1. The molecule has 2 aromatic rings. The van der Waals surface area contributed by atoms with E-state index in [1.165, 1.54) is 0 Å². The van der Waals surface area contributed by atoms with Crippen molar-refractivity contribution in [1.82, 2.24) is 15.5 Å². The van der Waals surface area contributed by atoms with E-state index in [0.29, 0.717) is 13.0 Å². The Kier molecular flexibility index (Phi) is 8.72. The van der Waals surface area contributed by atoms with Crippen molar-refractivity contribution in [3.05, 3.63) is 65.7 Å². The Labute approximate surface area is 225 Å². The van der Waals surface area contributed by atoms with Crippen LogP contribution in [0.3, 0.4) is 0 Å². The first kappa shape index (κ1) is 27.6. The number of hydrogen-bond donors (Lipinski definition) is 3. The lowest BCUT2D eigenvalue weighted by Gasteiger charge is -2.38. The smallest absolute Gasteiger partial charge is 0.246 e. The van der Waals surface area contributed by atoms with Gasteiger partial charge >= 0.3 is 0 Å². The van der Waals surface area contributed by atoms with Crippen LogP contribution < -0.4 is 10.6 Å². The number of amides is 3. The molecule has 4 atom stereocenters. The fourth-order valence-corrected chi connectivity index (χ4v) is 5.61. The van der Waals surface area contributed by atoms with Gasteiger partial charge in [-0.25, -0.2) is 0 Å². The molecule has 2 aliphatic rings. The van der Waals surface area contributed by atoms with Gasteiger partial charge < -0.3 is 25.1 Å². The fourth-order valence-electron chi connectivity index (χ4n) is 5.61. The molecule has 0 aliphatic carbocycles. The zero-order valence-corrected chi connectivity index (χ0v) is 22.7. The lowest BCUT2D eigenvalue weighted by Crippen LogP contribution is -2.62. The van der Waals surface area contributed by atoms with Gasteiger partial charge in [-0.05, 0) is 48.9 Å². The minimum absolute atomic E-state index is 0.110. The monoisotopic (exact) mass is 521 g/mol. The Morgan fingerprint density at radius 1 is 1.00 bits per heavy atom. The quantitative estimate of drug-likeness (QED) is 0.313. The second-order valence-electron chi connectivity index (χ2n) is 11.6. The summed E-state index contributed by atoms with van der Waals surface area (Å²) in [4.78, 5) is 41.9. The van der Waals surface area contributed by atoms with Crippen molar-refractivity contribution in [2.24, 2.45) is 5.92 Å².